The van der Waals surface area contributed by atoms with Gasteiger partial charge in [-0.1, -0.05) is 24.6 Å². The Balaban J connectivity index is 1.77. The van der Waals surface area contributed by atoms with E-state index in [0.29, 0.717) is 23.2 Å². The molecule has 0 unspecified atom stereocenters. The number of aromatic nitrogens is 5. The number of halogens is 1. The molecule has 0 aliphatic carbocycles. The number of nitrogens with zero attached hydrogens (tertiary/aromatic N) is 4. The summed E-state index contributed by atoms with van der Waals surface area (Å²) in [6.07, 6.45) is 6.83. The highest BCUT2D eigenvalue weighted by Crippen LogP contribution is 2.18. The van der Waals surface area contributed by atoms with Crippen molar-refractivity contribution in [1.29, 1.82) is 0 Å². The lowest BCUT2D eigenvalue weighted by molar-refractivity contribution is 0.533. The van der Waals surface area contributed by atoms with Crippen LogP contribution < -0.4 is 10.9 Å². The summed E-state index contributed by atoms with van der Waals surface area (Å²) >= 11 is 5.89. The SMILES string of the molecule is C[C@H](Cn1cc(Cl)cn1)c1cc(=O)[nH]c(N[C@H](C)c2cccnc2)n1. The third kappa shape index (κ3) is 4.45. The lowest BCUT2D eigenvalue weighted by Gasteiger charge is -2.16. The lowest BCUT2D eigenvalue weighted by atomic mass is 10.1. The quantitative estimate of drug-likeness (QED) is 0.707. The standard InChI is InChI=1S/C17H19ClN6O/c1-11(9-24-10-14(18)8-20-24)15-6-16(25)23-17(22-15)21-12(2)13-4-3-5-19-7-13/h3-8,10-12H,9H2,1-2H3,(H2,21,22,23,25)/t11-,12-/m1/s1. The number of aromatic amines is 1. The van der Waals surface area contributed by atoms with Crippen molar-refractivity contribution in [2.24, 2.45) is 0 Å². The van der Waals surface area contributed by atoms with Gasteiger partial charge in [-0.3, -0.25) is 19.4 Å². The fourth-order valence-electron chi connectivity index (χ4n) is 2.53. The monoisotopic (exact) mass is 358 g/mol. The fourth-order valence-corrected chi connectivity index (χ4v) is 2.69. The predicted molar refractivity (Wildman–Crippen MR) is 96.8 cm³/mol. The highest BCUT2D eigenvalue weighted by molar-refractivity contribution is 6.30. The summed E-state index contributed by atoms with van der Waals surface area (Å²) in [4.78, 5) is 23.4. The van der Waals surface area contributed by atoms with E-state index >= 15 is 0 Å². The van der Waals surface area contributed by atoms with Crippen molar-refractivity contribution >= 4 is 17.5 Å². The Labute approximate surface area is 150 Å². The Kier molecular flexibility index (Phi) is 5.14. The van der Waals surface area contributed by atoms with Crippen molar-refractivity contribution in [1.82, 2.24) is 24.7 Å². The van der Waals surface area contributed by atoms with Crippen molar-refractivity contribution in [3.63, 3.8) is 0 Å². The average molecular weight is 359 g/mol. The van der Waals surface area contributed by atoms with Crippen molar-refractivity contribution in [3.8, 4) is 0 Å². The smallest absolute Gasteiger partial charge is 0.252 e. The van der Waals surface area contributed by atoms with E-state index < -0.39 is 0 Å². The normalized spacial score (nSPS) is 13.4. The van der Waals surface area contributed by atoms with Gasteiger partial charge in [-0.05, 0) is 18.6 Å². The Bertz CT molecular complexity index is 891. The van der Waals surface area contributed by atoms with Crippen molar-refractivity contribution < 1.29 is 0 Å². The van der Waals surface area contributed by atoms with Crippen LogP contribution >= 0.6 is 11.6 Å². The predicted octanol–water partition coefficient (Wildman–Crippen LogP) is 2.99. The maximum absolute atomic E-state index is 12.0. The lowest BCUT2D eigenvalue weighted by Crippen LogP contribution is -2.18. The first-order valence-electron chi connectivity index (χ1n) is 7.97. The van der Waals surface area contributed by atoms with Gasteiger partial charge in [0.05, 0.1) is 23.0 Å². The molecule has 3 rings (SSSR count). The van der Waals surface area contributed by atoms with Crippen LogP contribution in [0.1, 0.15) is 37.1 Å². The molecule has 3 heterocycles. The number of H-pyrrole nitrogens is 1. The van der Waals surface area contributed by atoms with Gasteiger partial charge < -0.3 is 5.32 Å². The highest BCUT2D eigenvalue weighted by Gasteiger charge is 2.13. The van der Waals surface area contributed by atoms with E-state index in [1.54, 1.807) is 29.5 Å². The van der Waals surface area contributed by atoms with Gasteiger partial charge in [0.15, 0.2) is 0 Å². The number of hydrogen-bond acceptors (Lipinski definition) is 5. The Morgan fingerprint density at radius 2 is 2.20 bits per heavy atom. The minimum Gasteiger partial charge on any atom is -0.349 e. The maximum atomic E-state index is 12.0. The largest absolute Gasteiger partial charge is 0.349 e. The second-order valence-corrected chi connectivity index (χ2v) is 6.39. The molecular weight excluding hydrogens is 340 g/mol. The van der Waals surface area contributed by atoms with E-state index in [-0.39, 0.29) is 17.5 Å². The average Bonchev–Trinajstić information content (AvgIpc) is 3.00. The number of anilines is 1. The molecule has 2 atom stereocenters. The summed E-state index contributed by atoms with van der Waals surface area (Å²) in [5.41, 5.74) is 1.50. The van der Waals surface area contributed by atoms with Crippen LogP contribution in [0.4, 0.5) is 5.95 Å². The van der Waals surface area contributed by atoms with Crippen LogP contribution in [-0.4, -0.2) is 24.7 Å². The van der Waals surface area contributed by atoms with Gasteiger partial charge in [0.2, 0.25) is 5.95 Å². The number of rotatable bonds is 6. The minimum atomic E-state index is -0.198. The van der Waals surface area contributed by atoms with Gasteiger partial charge in [0.1, 0.15) is 0 Å². The van der Waals surface area contributed by atoms with Crippen LogP contribution in [0.15, 0.2) is 47.8 Å². The molecule has 25 heavy (non-hydrogen) atoms. The van der Waals surface area contributed by atoms with Crippen molar-refractivity contribution in [2.75, 3.05) is 5.32 Å². The van der Waals surface area contributed by atoms with E-state index in [1.807, 2.05) is 26.0 Å². The molecule has 0 aromatic carbocycles. The molecule has 3 aromatic rings. The Morgan fingerprint density at radius 1 is 1.36 bits per heavy atom. The molecule has 130 valence electrons. The van der Waals surface area contributed by atoms with Crippen molar-refractivity contribution in [3.05, 3.63) is 69.6 Å². The molecule has 8 heteroatoms. The van der Waals surface area contributed by atoms with E-state index in [0.717, 1.165) is 5.56 Å². The van der Waals surface area contributed by atoms with Gasteiger partial charge >= 0.3 is 0 Å². The van der Waals surface area contributed by atoms with Crippen molar-refractivity contribution in [2.45, 2.75) is 32.4 Å². The van der Waals surface area contributed by atoms with Gasteiger partial charge in [0.25, 0.3) is 5.56 Å². The molecule has 0 spiro atoms. The first kappa shape index (κ1) is 17.2. The second-order valence-electron chi connectivity index (χ2n) is 5.95. The summed E-state index contributed by atoms with van der Waals surface area (Å²) < 4.78 is 1.74. The van der Waals surface area contributed by atoms with Crippen LogP contribution in [0.2, 0.25) is 5.02 Å². The first-order valence-corrected chi connectivity index (χ1v) is 8.34. The molecule has 0 bridgehead atoms. The van der Waals surface area contributed by atoms with Crippen LogP contribution in [0.5, 0.6) is 0 Å². The maximum Gasteiger partial charge on any atom is 0.252 e. The van der Waals surface area contributed by atoms with Gasteiger partial charge in [-0.2, -0.15) is 5.10 Å². The highest BCUT2D eigenvalue weighted by atomic mass is 35.5. The Morgan fingerprint density at radius 3 is 2.88 bits per heavy atom. The summed E-state index contributed by atoms with van der Waals surface area (Å²) in [6.45, 7) is 4.56. The molecule has 0 aliphatic heterocycles. The Hall–Kier alpha value is -2.67. The zero-order valence-corrected chi connectivity index (χ0v) is 14.7. The molecule has 3 aromatic heterocycles. The third-order valence-electron chi connectivity index (χ3n) is 3.87. The molecule has 0 aliphatic rings. The molecule has 2 N–H and O–H groups in total. The zero-order chi connectivity index (χ0) is 17.8. The molecule has 0 amide bonds. The fraction of sp³-hybridized carbons (Fsp3) is 0.294. The van der Waals surface area contributed by atoms with Gasteiger partial charge in [0, 0.05) is 37.1 Å². The molecule has 0 saturated heterocycles. The van der Waals surface area contributed by atoms with Gasteiger partial charge in [-0.15, -0.1) is 0 Å². The van der Waals surface area contributed by atoms with E-state index in [1.165, 1.54) is 6.07 Å². The minimum absolute atomic E-state index is 0.00696. The summed E-state index contributed by atoms with van der Waals surface area (Å²) in [5, 5.41) is 7.96. The van der Waals surface area contributed by atoms with E-state index in [9.17, 15) is 4.79 Å². The molecule has 0 saturated carbocycles. The van der Waals surface area contributed by atoms with Crippen LogP contribution in [0.25, 0.3) is 0 Å². The van der Waals surface area contributed by atoms with Crippen LogP contribution in [-0.2, 0) is 6.54 Å². The van der Waals surface area contributed by atoms with Gasteiger partial charge in [-0.25, -0.2) is 4.98 Å². The first-order chi connectivity index (χ1) is 12.0. The number of hydrogen-bond donors (Lipinski definition) is 2. The zero-order valence-electron chi connectivity index (χ0n) is 14.0. The summed E-state index contributed by atoms with van der Waals surface area (Å²) in [5.74, 6) is 0.441. The molecule has 7 nitrogen and oxygen atoms in total. The third-order valence-corrected chi connectivity index (χ3v) is 4.06. The summed E-state index contributed by atoms with van der Waals surface area (Å²) in [6, 6.07) is 5.32. The molecule has 0 fully saturated rings. The van der Waals surface area contributed by atoms with Crippen LogP contribution in [0, 0.1) is 0 Å². The number of nitrogens with one attached hydrogen (secondary N) is 2. The number of pyridine rings is 1. The molecule has 0 radical (unpaired) electrons. The van der Waals surface area contributed by atoms with E-state index in [4.69, 9.17) is 11.6 Å². The van der Waals surface area contributed by atoms with E-state index in [2.05, 4.69) is 25.4 Å². The van der Waals surface area contributed by atoms with Crippen LogP contribution in [0.3, 0.4) is 0 Å². The molecular formula is C17H19ClN6O. The topological polar surface area (TPSA) is 88.5 Å². The summed E-state index contributed by atoms with van der Waals surface area (Å²) in [7, 11) is 0. The second kappa shape index (κ2) is 7.48.